The van der Waals surface area contributed by atoms with Crippen molar-refractivity contribution in [2.45, 2.75) is 42.8 Å². The van der Waals surface area contributed by atoms with Crippen LogP contribution >= 0.6 is 0 Å². The number of likely N-dealkylation sites (tertiary alicyclic amines) is 1. The second kappa shape index (κ2) is 9.24. The fourth-order valence-corrected chi connectivity index (χ4v) is 5.11. The van der Waals surface area contributed by atoms with Gasteiger partial charge in [-0.2, -0.15) is 0 Å². The number of carbonyl (C=O) groups excluding carboxylic acids is 1. The van der Waals surface area contributed by atoms with Crippen molar-refractivity contribution < 1.29 is 17.9 Å². The zero-order chi connectivity index (χ0) is 20.0. The van der Waals surface area contributed by atoms with Crippen molar-refractivity contribution in [1.82, 2.24) is 4.90 Å². The quantitative estimate of drug-likeness (QED) is 0.679. The SMILES string of the molecule is CCCOc1ccc(CCC(=O)N2CCC(S(=O)(=O)c3ccccc3)C2)cc1. The van der Waals surface area contributed by atoms with Crippen LogP contribution in [0.3, 0.4) is 0 Å². The fourth-order valence-electron chi connectivity index (χ4n) is 3.39. The molecule has 1 aliphatic heterocycles. The number of sulfone groups is 1. The van der Waals surface area contributed by atoms with Crippen LogP contribution in [0, 0.1) is 0 Å². The van der Waals surface area contributed by atoms with Gasteiger partial charge in [-0.1, -0.05) is 37.3 Å². The molecule has 1 fully saturated rings. The maximum atomic E-state index is 12.7. The van der Waals surface area contributed by atoms with E-state index in [0.717, 1.165) is 17.7 Å². The van der Waals surface area contributed by atoms with Crippen LogP contribution in [0.2, 0.25) is 0 Å². The fraction of sp³-hybridized carbons (Fsp3) is 0.409. The van der Waals surface area contributed by atoms with Gasteiger partial charge < -0.3 is 9.64 Å². The Morgan fingerprint density at radius 2 is 1.82 bits per heavy atom. The van der Waals surface area contributed by atoms with Crippen molar-refractivity contribution in [3.63, 3.8) is 0 Å². The minimum atomic E-state index is -3.39. The molecule has 0 bridgehead atoms. The summed E-state index contributed by atoms with van der Waals surface area (Å²) >= 11 is 0. The Kier molecular flexibility index (Phi) is 6.73. The Balaban J connectivity index is 1.52. The highest BCUT2D eigenvalue weighted by Gasteiger charge is 2.35. The number of hydrogen-bond acceptors (Lipinski definition) is 4. The van der Waals surface area contributed by atoms with Crippen molar-refractivity contribution in [1.29, 1.82) is 0 Å². The van der Waals surface area contributed by atoms with E-state index in [1.807, 2.05) is 24.3 Å². The predicted molar refractivity (Wildman–Crippen MR) is 109 cm³/mol. The van der Waals surface area contributed by atoms with E-state index >= 15 is 0 Å². The molecule has 3 rings (SSSR count). The van der Waals surface area contributed by atoms with Gasteiger partial charge in [-0.15, -0.1) is 0 Å². The lowest BCUT2D eigenvalue weighted by Crippen LogP contribution is -2.32. The Labute approximate surface area is 167 Å². The first-order chi connectivity index (χ1) is 13.5. The molecule has 0 aromatic heterocycles. The molecule has 0 aliphatic carbocycles. The van der Waals surface area contributed by atoms with E-state index < -0.39 is 15.1 Å². The Bertz CT molecular complexity index is 879. The van der Waals surface area contributed by atoms with Crippen molar-refractivity contribution in [3.05, 3.63) is 60.2 Å². The van der Waals surface area contributed by atoms with E-state index in [-0.39, 0.29) is 12.5 Å². The molecular formula is C22H27NO4S. The Hall–Kier alpha value is -2.34. The monoisotopic (exact) mass is 401 g/mol. The lowest BCUT2D eigenvalue weighted by atomic mass is 10.1. The highest BCUT2D eigenvalue weighted by molar-refractivity contribution is 7.92. The van der Waals surface area contributed by atoms with Crippen LogP contribution in [0.5, 0.6) is 5.75 Å². The van der Waals surface area contributed by atoms with Crippen LogP contribution in [-0.4, -0.2) is 44.2 Å². The van der Waals surface area contributed by atoms with Crippen LogP contribution in [0.1, 0.15) is 31.7 Å². The zero-order valence-corrected chi connectivity index (χ0v) is 17.0. The zero-order valence-electron chi connectivity index (χ0n) is 16.2. The topological polar surface area (TPSA) is 63.7 Å². The lowest BCUT2D eigenvalue weighted by Gasteiger charge is -2.17. The van der Waals surface area contributed by atoms with Crippen LogP contribution in [0.15, 0.2) is 59.5 Å². The molecule has 1 saturated heterocycles. The summed E-state index contributed by atoms with van der Waals surface area (Å²) in [4.78, 5) is 14.6. The van der Waals surface area contributed by atoms with Gasteiger partial charge >= 0.3 is 0 Å². The summed E-state index contributed by atoms with van der Waals surface area (Å²) in [5.74, 6) is 0.850. The second-order valence-corrected chi connectivity index (χ2v) is 9.33. The molecule has 2 aromatic carbocycles. The number of nitrogens with zero attached hydrogens (tertiary/aromatic N) is 1. The molecule has 5 nitrogen and oxygen atoms in total. The molecule has 6 heteroatoms. The molecule has 2 aromatic rings. The summed E-state index contributed by atoms with van der Waals surface area (Å²) in [6, 6.07) is 16.3. The number of amides is 1. The van der Waals surface area contributed by atoms with Crippen LogP contribution in [-0.2, 0) is 21.1 Å². The molecule has 1 amide bonds. The molecule has 1 atom stereocenters. The molecular weight excluding hydrogens is 374 g/mol. The molecule has 1 unspecified atom stereocenters. The van der Waals surface area contributed by atoms with Gasteiger partial charge in [0, 0.05) is 19.5 Å². The minimum Gasteiger partial charge on any atom is -0.494 e. The van der Waals surface area contributed by atoms with E-state index in [2.05, 4.69) is 6.92 Å². The number of rotatable bonds is 8. The highest BCUT2D eigenvalue weighted by Crippen LogP contribution is 2.24. The highest BCUT2D eigenvalue weighted by atomic mass is 32.2. The average Bonchev–Trinajstić information content (AvgIpc) is 3.23. The first-order valence-corrected chi connectivity index (χ1v) is 11.3. The second-order valence-electron chi connectivity index (χ2n) is 7.10. The van der Waals surface area contributed by atoms with Gasteiger partial charge in [0.2, 0.25) is 5.91 Å². The van der Waals surface area contributed by atoms with E-state index in [1.54, 1.807) is 35.2 Å². The van der Waals surface area contributed by atoms with Crippen LogP contribution in [0.4, 0.5) is 0 Å². The van der Waals surface area contributed by atoms with Crippen molar-refractivity contribution in [2.24, 2.45) is 0 Å². The summed E-state index contributed by atoms with van der Waals surface area (Å²) in [6.07, 6.45) is 2.48. The maximum absolute atomic E-state index is 12.7. The van der Waals surface area contributed by atoms with Gasteiger partial charge in [0.25, 0.3) is 0 Å². The van der Waals surface area contributed by atoms with E-state index in [4.69, 9.17) is 4.74 Å². The van der Waals surface area contributed by atoms with Gasteiger partial charge in [0.05, 0.1) is 16.8 Å². The Morgan fingerprint density at radius 3 is 2.50 bits per heavy atom. The van der Waals surface area contributed by atoms with Gasteiger partial charge in [0.15, 0.2) is 9.84 Å². The summed E-state index contributed by atoms with van der Waals surface area (Å²) in [5, 5.41) is -0.520. The molecule has 0 N–H and O–H groups in total. The predicted octanol–water partition coefficient (Wildman–Crippen LogP) is 3.48. The first kappa shape index (κ1) is 20.4. The maximum Gasteiger partial charge on any atom is 0.222 e. The standard InChI is InChI=1S/C22H27NO4S/c1-2-16-27-19-11-8-18(9-12-19)10-13-22(24)23-15-14-21(17-23)28(25,26)20-6-4-3-5-7-20/h3-9,11-12,21H,2,10,13-17H2,1H3. The van der Waals surface area contributed by atoms with Crippen molar-refractivity contribution in [3.8, 4) is 5.75 Å². The summed E-state index contributed by atoms with van der Waals surface area (Å²) in [7, 11) is -3.39. The normalized spacial score (nSPS) is 16.9. The van der Waals surface area contributed by atoms with E-state index in [9.17, 15) is 13.2 Å². The molecule has 150 valence electrons. The number of benzene rings is 2. The number of carbonyl (C=O) groups is 1. The van der Waals surface area contributed by atoms with Crippen LogP contribution < -0.4 is 4.74 Å². The smallest absolute Gasteiger partial charge is 0.222 e. The number of hydrogen-bond donors (Lipinski definition) is 0. The molecule has 0 radical (unpaired) electrons. The average molecular weight is 402 g/mol. The van der Waals surface area contributed by atoms with Gasteiger partial charge in [-0.05, 0) is 49.1 Å². The molecule has 28 heavy (non-hydrogen) atoms. The molecule has 0 saturated carbocycles. The molecule has 1 heterocycles. The van der Waals surface area contributed by atoms with Gasteiger partial charge in [0.1, 0.15) is 5.75 Å². The number of aryl methyl sites for hydroxylation is 1. The largest absolute Gasteiger partial charge is 0.494 e. The molecule has 1 aliphatic rings. The third kappa shape index (κ3) is 4.93. The Morgan fingerprint density at radius 1 is 1.11 bits per heavy atom. The summed E-state index contributed by atoms with van der Waals surface area (Å²) < 4.78 is 31.0. The number of ether oxygens (including phenoxy) is 1. The summed E-state index contributed by atoms with van der Waals surface area (Å²) in [5.41, 5.74) is 1.07. The minimum absolute atomic E-state index is 0.0112. The first-order valence-electron chi connectivity index (χ1n) is 9.79. The van der Waals surface area contributed by atoms with Crippen molar-refractivity contribution >= 4 is 15.7 Å². The lowest BCUT2D eigenvalue weighted by molar-refractivity contribution is -0.130. The van der Waals surface area contributed by atoms with E-state index in [0.29, 0.717) is 37.3 Å². The van der Waals surface area contributed by atoms with E-state index in [1.165, 1.54) is 0 Å². The van der Waals surface area contributed by atoms with Gasteiger partial charge in [-0.25, -0.2) is 8.42 Å². The van der Waals surface area contributed by atoms with Crippen molar-refractivity contribution in [2.75, 3.05) is 19.7 Å². The van der Waals surface area contributed by atoms with Crippen LogP contribution in [0.25, 0.3) is 0 Å². The molecule has 0 spiro atoms. The van der Waals surface area contributed by atoms with Gasteiger partial charge in [-0.3, -0.25) is 4.79 Å². The third-order valence-corrected chi connectivity index (χ3v) is 7.22. The third-order valence-electron chi connectivity index (χ3n) is 5.03. The summed E-state index contributed by atoms with van der Waals surface area (Å²) in [6.45, 7) is 3.53.